The summed E-state index contributed by atoms with van der Waals surface area (Å²) in [4.78, 5) is 16.3. The highest BCUT2D eigenvalue weighted by molar-refractivity contribution is 5.76. The maximum atomic E-state index is 12.9. The third-order valence-corrected chi connectivity index (χ3v) is 4.40. The van der Waals surface area contributed by atoms with E-state index in [1.807, 2.05) is 12.1 Å². The van der Waals surface area contributed by atoms with Crippen molar-refractivity contribution in [2.45, 2.75) is 39.7 Å². The summed E-state index contributed by atoms with van der Waals surface area (Å²) in [6, 6.07) is 14.4. The number of aryl methyl sites for hydroxylation is 1. The monoisotopic (exact) mass is 380 g/mol. The molecule has 1 N–H and O–H groups in total. The fourth-order valence-electron chi connectivity index (χ4n) is 2.95. The van der Waals surface area contributed by atoms with Gasteiger partial charge in [0.15, 0.2) is 11.7 Å². The molecular formula is C23H25FN2O2. The average Bonchev–Trinajstić information content (AvgIpc) is 3.15. The van der Waals surface area contributed by atoms with Crippen LogP contribution < -0.4 is 5.32 Å². The smallest absolute Gasteiger partial charge is 0.220 e. The Labute approximate surface area is 164 Å². The first-order valence-corrected chi connectivity index (χ1v) is 9.55. The summed E-state index contributed by atoms with van der Waals surface area (Å²) in [6.45, 7) is 4.78. The summed E-state index contributed by atoms with van der Waals surface area (Å²) in [5, 5.41) is 2.82. The van der Waals surface area contributed by atoms with E-state index >= 15 is 0 Å². The second-order valence-electron chi connectivity index (χ2n) is 7.32. The topological polar surface area (TPSA) is 55.1 Å². The second kappa shape index (κ2) is 9.31. The lowest BCUT2D eigenvalue weighted by molar-refractivity contribution is -0.121. The minimum atomic E-state index is -0.288. The zero-order valence-electron chi connectivity index (χ0n) is 16.2. The lowest BCUT2D eigenvalue weighted by Gasteiger charge is -2.05. The molecule has 28 heavy (non-hydrogen) atoms. The van der Waals surface area contributed by atoms with Crippen LogP contribution in [0, 0.1) is 11.7 Å². The minimum Gasteiger partial charge on any atom is -0.441 e. The number of amides is 1. The van der Waals surface area contributed by atoms with Crippen molar-refractivity contribution < 1.29 is 13.6 Å². The molecule has 3 aromatic rings. The van der Waals surface area contributed by atoms with Gasteiger partial charge in [-0.05, 0) is 35.6 Å². The SMILES string of the molecule is CC(C)Cc1ccc(-c2cnc(CCC(=O)NCc3ccc(F)cc3)o2)cc1. The summed E-state index contributed by atoms with van der Waals surface area (Å²) in [5.41, 5.74) is 3.14. The van der Waals surface area contributed by atoms with E-state index in [0.717, 1.165) is 17.5 Å². The highest BCUT2D eigenvalue weighted by atomic mass is 19.1. The highest BCUT2D eigenvalue weighted by Crippen LogP contribution is 2.22. The van der Waals surface area contributed by atoms with Gasteiger partial charge in [-0.1, -0.05) is 50.2 Å². The highest BCUT2D eigenvalue weighted by Gasteiger charge is 2.09. The van der Waals surface area contributed by atoms with Crippen molar-refractivity contribution in [1.29, 1.82) is 0 Å². The van der Waals surface area contributed by atoms with Gasteiger partial charge in [0.05, 0.1) is 6.20 Å². The lowest BCUT2D eigenvalue weighted by atomic mass is 10.0. The zero-order chi connectivity index (χ0) is 19.9. The molecule has 0 unspecified atom stereocenters. The first-order chi connectivity index (χ1) is 13.5. The van der Waals surface area contributed by atoms with Gasteiger partial charge in [-0.25, -0.2) is 9.37 Å². The van der Waals surface area contributed by atoms with E-state index in [1.54, 1.807) is 18.3 Å². The largest absolute Gasteiger partial charge is 0.441 e. The first kappa shape index (κ1) is 19.8. The predicted molar refractivity (Wildman–Crippen MR) is 107 cm³/mol. The van der Waals surface area contributed by atoms with Gasteiger partial charge < -0.3 is 9.73 Å². The third-order valence-electron chi connectivity index (χ3n) is 4.40. The molecule has 0 radical (unpaired) electrons. The summed E-state index contributed by atoms with van der Waals surface area (Å²) >= 11 is 0. The van der Waals surface area contributed by atoms with E-state index in [1.165, 1.54) is 17.7 Å². The van der Waals surface area contributed by atoms with Crippen LogP contribution >= 0.6 is 0 Å². The molecule has 1 amide bonds. The molecule has 0 fully saturated rings. The zero-order valence-corrected chi connectivity index (χ0v) is 16.2. The van der Waals surface area contributed by atoms with Crippen LogP contribution in [0.4, 0.5) is 4.39 Å². The number of carbonyl (C=O) groups is 1. The number of halogens is 1. The van der Waals surface area contributed by atoms with Gasteiger partial charge in [0.2, 0.25) is 5.91 Å². The van der Waals surface area contributed by atoms with E-state index in [0.29, 0.717) is 30.5 Å². The molecule has 0 atom stereocenters. The van der Waals surface area contributed by atoms with Gasteiger partial charge in [-0.2, -0.15) is 0 Å². The number of hydrogen-bond donors (Lipinski definition) is 1. The molecule has 0 aliphatic heterocycles. The van der Waals surface area contributed by atoms with Gasteiger partial charge in [-0.3, -0.25) is 4.79 Å². The molecule has 0 spiro atoms. The number of nitrogens with zero attached hydrogens (tertiary/aromatic N) is 1. The molecule has 1 heterocycles. The van der Waals surface area contributed by atoms with E-state index in [4.69, 9.17) is 4.42 Å². The van der Waals surface area contributed by atoms with Crippen molar-refractivity contribution in [2.24, 2.45) is 5.92 Å². The van der Waals surface area contributed by atoms with Crippen LogP contribution in [0.3, 0.4) is 0 Å². The van der Waals surface area contributed by atoms with Crippen LogP contribution in [0.1, 0.15) is 37.3 Å². The Morgan fingerprint density at radius 1 is 1.07 bits per heavy atom. The van der Waals surface area contributed by atoms with Crippen molar-refractivity contribution in [3.05, 3.63) is 77.6 Å². The number of hydrogen-bond acceptors (Lipinski definition) is 3. The standard InChI is InChI=1S/C23H25FN2O2/c1-16(2)13-17-3-7-19(8-4-17)21-15-26-23(28-21)12-11-22(27)25-14-18-5-9-20(24)10-6-18/h3-10,15-16H,11-14H2,1-2H3,(H,25,27). The summed E-state index contributed by atoms with van der Waals surface area (Å²) in [5.74, 6) is 1.49. The Kier molecular flexibility index (Phi) is 6.58. The van der Waals surface area contributed by atoms with E-state index in [-0.39, 0.29) is 18.1 Å². The number of benzene rings is 2. The maximum Gasteiger partial charge on any atom is 0.220 e. The molecule has 0 bridgehead atoms. The van der Waals surface area contributed by atoms with Gasteiger partial charge in [-0.15, -0.1) is 0 Å². The van der Waals surface area contributed by atoms with E-state index < -0.39 is 0 Å². The molecular weight excluding hydrogens is 355 g/mol. The van der Waals surface area contributed by atoms with Crippen molar-refractivity contribution in [3.63, 3.8) is 0 Å². The predicted octanol–water partition coefficient (Wildman–Crippen LogP) is 4.93. The molecule has 0 aliphatic carbocycles. The Bertz CT molecular complexity index is 899. The molecule has 146 valence electrons. The van der Waals surface area contributed by atoms with Crippen LogP contribution in [0.2, 0.25) is 0 Å². The van der Waals surface area contributed by atoms with Crippen LogP contribution in [-0.4, -0.2) is 10.9 Å². The average molecular weight is 380 g/mol. The quantitative estimate of drug-likeness (QED) is 0.603. The Balaban J connectivity index is 1.48. The Hall–Kier alpha value is -2.95. The van der Waals surface area contributed by atoms with Crippen molar-refractivity contribution >= 4 is 5.91 Å². The van der Waals surface area contributed by atoms with E-state index in [2.05, 4.69) is 36.3 Å². The molecule has 3 rings (SSSR count). The summed E-state index contributed by atoms with van der Waals surface area (Å²) < 4.78 is 18.7. The molecule has 5 heteroatoms. The van der Waals surface area contributed by atoms with Gasteiger partial charge in [0.1, 0.15) is 5.82 Å². The fourth-order valence-corrected chi connectivity index (χ4v) is 2.95. The normalized spacial score (nSPS) is 11.0. The molecule has 1 aromatic heterocycles. The van der Waals surface area contributed by atoms with Crippen LogP contribution in [0.15, 0.2) is 59.1 Å². The van der Waals surface area contributed by atoms with Crippen LogP contribution in [-0.2, 0) is 24.2 Å². The van der Waals surface area contributed by atoms with Crippen molar-refractivity contribution in [2.75, 3.05) is 0 Å². The van der Waals surface area contributed by atoms with Crippen molar-refractivity contribution in [3.8, 4) is 11.3 Å². The van der Waals surface area contributed by atoms with Gasteiger partial charge in [0.25, 0.3) is 0 Å². The number of aromatic nitrogens is 1. The molecule has 2 aromatic carbocycles. The Morgan fingerprint density at radius 2 is 1.75 bits per heavy atom. The first-order valence-electron chi connectivity index (χ1n) is 9.55. The number of rotatable bonds is 8. The maximum absolute atomic E-state index is 12.9. The molecule has 0 saturated carbocycles. The van der Waals surface area contributed by atoms with Gasteiger partial charge in [0, 0.05) is 24.9 Å². The number of nitrogens with one attached hydrogen (secondary N) is 1. The minimum absolute atomic E-state index is 0.0953. The molecule has 0 aliphatic rings. The molecule has 0 saturated heterocycles. The summed E-state index contributed by atoms with van der Waals surface area (Å²) in [7, 11) is 0. The number of oxazole rings is 1. The second-order valence-corrected chi connectivity index (χ2v) is 7.32. The third kappa shape index (κ3) is 5.78. The van der Waals surface area contributed by atoms with Crippen LogP contribution in [0.5, 0.6) is 0 Å². The van der Waals surface area contributed by atoms with Crippen LogP contribution in [0.25, 0.3) is 11.3 Å². The molecule has 4 nitrogen and oxygen atoms in total. The Morgan fingerprint density at radius 3 is 2.43 bits per heavy atom. The summed E-state index contributed by atoms with van der Waals surface area (Å²) in [6.07, 6.45) is 3.47. The van der Waals surface area contributed by atoms with Gasteiger partial charge >= 0.3 is 0 Å². The van der Waals surface area contributed by atoms with Crippen molar-refractivity contribution in [1.82, 2.24) is 10.3 Å². The fraction of sp³-hybridized carbons (Fsp3) is 0.304. The van der Waals surface area contributed by atoms with E-state index in [9.17, 15) is 9.18 Å². The number of carbonyl (C=O) groups excluding carboxylic acids is 1. The lowest BCUT2D eigenvalue weighted by Crippen LogP contribution is -2.23.